The van der Waals surface area contributed by atoms with Crippen LogP contribution in [0.1, 0.15) is 73.1 Å². The van der Waals surface area contributed by atoms with Gasteiger partial charge in [0.05, 0.1) is 18.4 Å². The standard InChI is InChI=1S/C18H32O4/c1-13(2)9-8-12-21-16(19)14-10-6-7-11-15(14)17(20)22-18(3,4)5/h13-15H,6-12H2,1-5H3. The molecule has 0 aromatic heterocycles. The Morgan fingerprint density at radius 1 is 1.05 bits per heavy atom. The third-order valence-corrected chi connectivity index (χ3v) is 3.95. The minimum absolute atomic E-state index is 0.223. The van der Waals surface area contributed by atoms with Crippen molar-refractivity contribution in [2.45, 2.75) is 78.7 Å². The summed E-state index contributed by atoms with van der Waals surface area (Å²) in [6.07, 6.45) is 5.33. The normalized spacial score (nSPS) is 22.5. The molecule has 0 aliphatic heterocycles. The maximum Gasteiger partial charge on any atom is 0.310 e. The van der Waals surface area contributed by atoms with Crippen LogP contribution in [0.15, 0.2) is 0 Å². The van der Waals surface area contributed by atoms with E-state index in [9.17, 15) is 9.59 Å². The molecule has 0 amide bonds. The molecule has 128 valence electrons. The highest BCUT2D eigenvalue weighted by atomic mass is 16.6. The molecule has 1 aliphatic rings. The quantitative estimate of drug-likeness (QED) is 0.547. The zero-order valence-corrected chi connectivity index (χ0v) is 14.8. The molecule has 4 nitrogen and oxygen atoms in total. The molecule has 0 bridgehead atoms. The summed E-state index contributed by atoms with van der Waals surface area (Å²) in [7, 11) is 0. The topological polar surface area (TPSA) is 52.6 Å². The average Bonchev–Trinajstić information content (AvgIpc) is 2.41. The molecule has 22 heavy (non-hydrogen) atoms. The minimum Gasteiger partial charge on any atom is -0.465 e. The first kappa shape index (κ1) is 19.0. The molecule has 1 saturated carbocycles. The highest BCUT2D eigenvalue weighted by Gasteiger charge is 2.39. The predicted octanol–water partition coefficient (Wildman–Crippen LogP) is 4.11. The average molecular weight is 312 g/mol. The van der Waals surface area contributed by atoms with Crippen molar-refractivity contribution in [3.05, 3.63) is 0 Å². The first-order valence-corrected chi connectivity index (χ1v) is 8.60. The van der Waals surface area contributed by atoms with Crippen molar-refractivity contribution in [1.82, 2.24) is 0 Å². The second kappa shape index (κ2) is 8.54. The van der Waals surface area contributed by atoms with E-state index in [-0.39, 0.29) is 23.8 Å². The fourth-order valence-corrected chi connectivity index (χ4v) is 2.84. The Morgan fingerprint density at radius 3 is 2.09 bits per heavy atom. The number of carbonyl (C=O) groups is 2. The zero-order valence-electron chi connectivity index (χ0n) is 14.8. The van der Waals surface area contributed by atoms with E-state index < -0.39 is 5.60 Å². The lowest BCUT2D eigenvalue weighted by Gasteiger charge is -2.31. The molecule has 0 spiro atoms. The van der Waals surface area contributed by atoms with Crippen molar-refractivity contribution in [1.29, 1.82) is 0 Å². The summed E-state index contributed by atoms with van der Waals surface area (Å²) in [6.45, 7) is 10.3. The molecule has 4 heteroatoms. The van der Waals surface area contributed by atoms with Crippen molar-refractivity contribution in [3.63, 3.8) is 0 Å². The molecule has 0 aromatic rings. The third kappa shape index (κ3) is 6.80. The number of hydrogen-bond acceptors (Lipinski definition) is 4. The fourth-order valence-electron chi connectivity index (χ4n) is 2.84. The van der Waals surface area contributed by atoms with E-state index in [0.29, 0.717) is 12.5 Å². The van der Waals surface area contributed by atoms with Gasteiger partial charge in [-0.05, 0) is 52.4 Å². The molecule has 0 heterocycles. The van der Waals surface area contributed by atoms with Crippen molar-refractivity contribution in [2.24, 2.45) is 17.8 Å². The van der Waals surface area contributed by atoms with Crippen LogP contribution in [0, 0.1) is 17.8 Å². The monoisotopic (exact) mass is 312 g/mol. The Morgan fingerprint density at radius 2 is 1.59 bits per heavy atom. The SMILES string of the molecule is CC(C)CCCOC(=O)C1CCCCC1C(=O)OC(C)(C)C. The molecule has 0 radical (unpaired) electrons. The van der Waals surface area contributed by atoms with E-state index in [1.807, 2.05) is 20.8 Å². The predicted molar refractivity (Wildman–Crippen MR) is 86.3 cm³/mol. The third-order valence-electron chi connectivity index (χ3n) is 3.95. The smallest absolute Gasteiger partial charge is 0.310 e. The van der Waals surface area contributed by atoms with Crippen molar-refractivity contribution in [3.8, 4) is 0 Å². The maximum atomic E-state index is 12.3. The lowest BCUT2D eigenvalue weighted by Crippen LogP contribution is -2.38. The van der Waals surface area contributed by atoms with Crippen molar-refractivity contribution < 1.29 is 19.1 Å². The van der Waals surface area contributed by atoms with E-state index in [1.54, 1.807) is 0 Å². The summed E-state index contributed by atoms with van der Waals surface area (Å²) in [5.41, 5.74) is -0.514. The first-order valence-electron chi connectivity index (χ1n) is 8.60. The van der Waals surface area contributed by atoms with Gasteiger partial charge in [-0.3, -0.25) is 9.59 Å². The molecule has 2 unspecified atom stereocenters. The molecule has 1 aliphatic carbocycles. The van der Waals surface area contributed by atoms with Crippen LogP contribution in [0.5, 0.6) is 0 Å². The van der Waals surface area contributed by atoms with Crippen LogP contribution in [0.2, 0.25) is 0 Å². The van der Waals surface area contributed by atoms with Gasteiger partial charge in [0.15, 0.2) is 0 Å². The Kier molecular flexibility index (Phi) is 7.37. The Hall–Kier alpha value is -1.06. The van der Waals surface area contributed by atoms with Gasteiger partial charge in [-0.15, -0.1) is 0 Å². The number of rotatable bonds is 6. The summed E-state index contributed by atoms with van der Waals surface area (Å²) in [5.74, 6) is -0.535. The van der Waals surface area contributed by atoms with Gasteiger partial charge in [0.2, 0.25) is 0 Å². The molecule has 2 atom stereocenters. The number of carbonyl (C=O) groups excluding carboxylic acids is 2. The van der Waals surface area contributed by atoms with Crippen LogP contribution in [-0.2, 0) is 19.1 Å². The molecule has 0 saturated heterocycles. The molecular weight excluding hydrogens is 280 g/mol. The molecule has 0 N–H and O–H groups in total. The Bertz CT molecular complexity index is 368. The van der Waals surface area contributed by atoms with Gasteiger partial charge in [0.25, 0.3) is 0 Å². The zero-order chi connectivity index (χ0) is 16.8. The summed E-state index contributed by atoms with van der Waals surface area (Å²) in [5, 5.41) is 0. The highest BCUT2D eigenvalue weighted by Crippen LogP contribution is 2.33. The van der Waals surface area contributed by atoms with Gasteiger partial charge in [0, 0.05) is 0 Å². The van der Waals surface area contributed by atoms with Crippen LogP contribution in [0.25, 0.3) is 0 Å². The number of esters is 2. The van der Waals surface area contributed by atoms with Crippen LogP contribution in [0.4, 0.5) is 0 Å². The van der Waals surface area contributed by atoms with E-state index in [1.165, 1.54) is 0 Å². The summed E-state index contributed by atoms with van der Waals surface area (Å²) < 4.78 is 10.9. The highest BCUT2D eigenvalue weighted by molar-refractivity contribution is 5.82. The Balaban J connectivity index is 2.53. The lowest BCUT2D eigenvalue weighted by atomic mass is 9.79. The van der Waals surface area contributed by atoms with Crippen molar-refractivity contribution in [2.75, 3.05) is 6.61 Å². The van der Waals surface area contributed by atoms with Crippen LogP contribution >= 0.6 is 0 Å². The van der Waals surface area contributed by atoms with Crippen LogP contribution < -0.4 is 0 Å². The van der Waals surface area contributed by atoms with Crippen LogP contribution in [0.3, 0.4) is 0 Å². The van der Waals surface area contributed by atoms with Gasteiger partial charge in [-0.25, -0.2) is 0 Å². The van der Waals surface area contributed by atoms with Crippen LogP contribution in [-0.4, -0.2) is 24.1 Å². The van der Waals surface area contributed by atoms with E-state index in [0.717, 1.165) is 38.5 Å². The minimum atomic E-state index is -0.514. The molecule has 0 aromatic carbocycles. The summed E-state index contributed by atoms with van der Waals surface area (Å²) >= 11 is 0. The fraction of sp³-hybridized carbons (Fsp3) is 0.889. The number of ether oxygens (including phenoxy) is 2. The second-order valence-electron chi connectivity index (χ2n) is 7.73. The molecular formula is C18H32O4. The van der Waals surface area contributed by atoms with Gasteiger partial charge in [-0.1, -0.05) is 26.7 Å². The molecule has 1 fully saturated rings. The van der Waals surface area contributed by atoms with E-state index >= 15 is 0 Å². The summed E-state index contributed by atoms with van der Waals surface area (Å²) in [6, 6.07) is 0. The van der Waals surface area contributed by atoms with Gasteiger partial charge < -0.3 is 9.47 Å². The van der Waals surface area contributed by atoms with E-state index in [2.05, 4.69) is 13.8 Å². The van der Waals surface area contributed by atoms with Gasteiger partial charge in [-0.2, -0.15) is 0 Å². The van der Waals surface area contributed by atoms with E-state index in [4.69, 9.17) is 9.47 Å². The van der Waals surface area contributed by atoms with Gasteiger partial charge >= 0.3 is 11.9 Å². The van der Waals surface area contributed by atoms with Gasteiger partial charge in [0.1, 0.15) is 5.60 Å². The second-order valence-corrected chi connectivity index (χ2v) is 7.73. The number of hydrogen-bond donors (Lipinski definition) is 0. The summed E-state index contributed by atoms with van der Waals surface area (Å²) in [4.78, 5) is 24.6. The largest absolute Gasteiger partial charge is 0.465 e. The first-order chi connectivity index (χ1) is 10.2. The lowest BCUT2D eigenvalue weighted by molar-refractivity contribution is -0.170. The van der Waals surface area contributed by atoms with Crippen molar-refractivity contribution >= 4 is 11.9 Å². The Labute approximate surface area is 134 Å². The molecule has 1 rings (SSSR count). The maximum absolute atomic E-state index is 12.3.